The van der Waals surface area contributed by atoms with E-state index in [0.29, 0.717) is 0 Å². The maximum atomic E-state index is 15.0. The third-order valence-corrected chi connectivity index (χ3v) is 16.3. The molecule has 0 unspecified atom stereocenters. The third-order valence-electron chi connectivity index (χ3n) is 11.0. The first-order chi connectivity index (χ1) is 30.9. The van der Waals surface area contributed by atoms with Crippen molar-refractivity contribution in [1.29, 1.82) is 0 Å². The molecule has 1 aliphatic rings. The summed E-state index contributed by atoms with van der Waals surface area (Å²) >= 11 is 0. The van der Waals surface area contributed by atoms with E-state index in [4.69, 9.17) is 0 Å². The lowest BCUT2D eigenvalue weighted by Crippen LogP contribution is -2.70. The van der Waals surface area contributed by atoms with Crippen LogP contribution in [0.4, 0.5) is 171 Å². The molecule has 0 N–H and O–H groups in total. The second-order valence-electron chi connectivity index (χ2n) is 15.8. The quantitative estimate of drug-likeness (QED) is 0.0631. The normalized spacial score (nSPS) is 17.4. The Morgan fingerprint density at radius 1 is 0.250 bits per heavy atom. The Labute approximate surface area is 374 Å². The van der Waals surface area contributed by atoms with E-state index in [1.54, 1.807) is 0 Å². The van der Waals surface area contributed by atoms with Crippen molar-refractivity contribution in [2.75, 3.05) is 0 Å². The summed E-state index contributed by atoms with van der Waals surface area (Å²) in [5.41, 5.74) is 0. The molecule has 0 amide bonds. The Kier molecular flexibility index (Phi) is 17.6. The van der Waals surface area contributed by atoms with Gasteiger partial charge in [0.25, 0.3) is 0 Å². The fourth-order valence-electron chi connectivity index (χ4n) is 6.28. The van der Waals surface area contributed by atoms with Gasteiger partial charge in [-0.2, -0.15) is 171 Å². The van der Waals surface area contributed by atoms with Crippen LogP contribution < -0.4 is 0 Å². The topological polar surface area (TPSA) is 0 Å². The molecule has 0 aliphatic heterocycles. The monoisotopic (exact) mass is 1180 g/mol. The number of rotatable bonds is 25. The highest BCUT2D eigenvalue weighted by Gasteiger charge is 2.93. The van der Waals surface area contributed by atoms with Gasteiger partial charge < -0.3 is 0 Å². The Hall–Kier alpha value is -3.03. The van der Waals surface area contributed by atoms with Gasteiger partial charge in [-0.05, 0) is 12.3 Å². The summed E-state index contributed by atoms with van der Waals surface area (Å²) in [6.45, 7) is 0. The van der Waals surface area contributed by atoms with Gasteiger partial charge in [0.15, 0.2) is 0 Å². The molecule has 0 aromatic rings. The maximum Gasteiger partial charge on any atom is 0.460 e. The molecule has 1 aliphatic carbocycles. The van der Waals surface area contributed by atoms with E-state index in [1.165, 1.54) is 0 Å². The van der Waals surface area contributed by atoms with Crippen molar-refractivity contribution in [2.45, 2.75) is 164 Å². The van der Waals surface area contributed by atoms with Crippen molar-refractivity contribution < 1.29 is 171 Å². The fraction of sp³-hybridized carbons (Fsp3) is 0.875. The van der Waals surface area contributed by atoms with E-state index in [9.17, 15) is 145 Å². The number of alkyl halides is 39. The van der Waals surface area contributed by atoms with E-state index in [-0.39, 0.29) is 0 Å². The first-order valence-corrected chi connectivity index (χ1v) is 21.0. The summed E-state index contributed by atoms with van der Waals surface area (Å²) in [4.78, 5) is 0. The van der Waals surface area contributed by atoms with Crippen LogP contribution in [0.2, 0.25) is 24.2 Å². The van der Waals surface area contributed by atoms with Crippen LogP contribution >= 0.6 is 0 Å². The first kappa shape index (κ1) is 67.0. The van der Waals surface area contributed by atoms with Gasteiger partial charge in [-0.1, -0.05) is 54.9 Å². The molecule has 72 heavy (non-hydrogen) atoms. The summed E-state index contributed by atoms with van der Waals surface area (Å²) in [5, 5.41) is 0. The average Bonchev–Trinajstić information content (AvgIpc) is 3.69. The van der Waals surface area contributed by atoms with Gasteiger partial charge in [0.2, 0.25) is 0 Å². The molecule has 0 radical (unpaired) electrons. The fourth-order valence-corrected chi connectivity index (χ4v) is 11.3. The molecule has 1 rings (SSSR count). The van der Waals surface area contributed by atoms with Gasteiger partial charge >= 0.3 is 107 Å². The predicted octanol–water partition coefficient (Wildman–Crippen LogP) is 17.3. The Morgan fingerprint density at radius 2 is 0.444 bits per heavy atom. The van der Waals surface area contributed by atoms with Crippen LogP contribution in [-0.2, 0) is 0 Å². The average molecular weight is 1180 g/mol. The highest BCUT2D eigenvalue weighted by atomic mass is 28.3. The molecule has 0 atom stereocenters. The number of halogens is 39. The van der Waals surface area contributed by atoms with Gasteiger partial charge in [-0.15, -0.1) is 0 Å². The van der Waals surface area contributed by atoms with Gasteiger partial charge in [0, 0.05) is 19.3 Å². The van der Waals surface area contributed by atoms with E-state index < -0.39 is 178 Å². The lowest BCUT2D eigenvalue weighted by atomic mass is 9.93. The van der Waals surface area contributed by atoms with Crippen LogP contribution in [0, 0.1) is 5.92 Å². The Morgan fingerprint density at radius 3 is 0.639 bits per heavy atom. The molecule has 0 saturated heterocycles. The third kappa shape index (κ3) is 10.5. The smallest absolute Gasteiger partial charge is 0.200 e. The van der Waals surface area contributed by atoms with Crippen molar-refractivity contribution in [1.82, 2.24) is 0 Å². The van der Waals surface area contributed by atoms with Crippen LogP contribution in [0.1, 0.15) is 32.1 Å². The molecule has 0 spiro atoms. The molecule has 0 aromatic heterocycles. The predicted molar refractivity (Wildman–Crippen MR) is 162 cm³/mol. The lowest BCUT2D eigenvalue weighted by molar-refractivity contribution is -0.440. The standard InChI is InChI=1S/C32H23F39Si/c33-15(34,18(39,40)21(45,46)24(51,52)27(57,58)30(63,64)65)7-11-72(10-3-6-14-4-1-2-5-14,12-8-16(35,36)19(41,42)22(47,48)25(53,54)28(59,60)31(66,67)68)13-9-17(37,38)20(43,44)23(49,50)26(55,56)29(61,62)32(69,70)71/h1-2,4-5,14H,3,6-13H2. The van der Waals surface area contributed by atoms with Gasteiger partial charge in [0.1, 0.15) is 0 Å². The minimum atomic E-state index is -8.84. The molecule has 0 saturated carbocycles. The molecular formula is C32H23F39Si. The summed E-state index contributed by atoms with van der Waals surface area (Å²) in [7, 11) is -6.72. The highest BCUT2D eigenvalue weighted by molar-refractivity contribution is 6.79. The molecule has 40 heteroatoms. The van der Waals surface area contributed by atoms with Crippen molar-refractivity contribution >= 4 is 8.07 Å². The minimum Gasteiger partial charge on any atom is -0.200 e. The SMILES string of the molecule is FC(F)(F)C(F)(F)C(F)(F)C(F)(F)C(F)(F)C(F)(F)CC[Si](CCCC1C=CC=C1)(CCC(F)(F)C(F)(F)C(F)(F)C(F)(F)C(F)(F)C(F)(F)F)CCC(F)(F)C(F)(F)C(F)(F)C(F)(F)C(F)(F)C(F)(F)F. The highest BCUT2D eigenvalue weighted by Crippen LogP contribution is 2.65. The van der Waals surface area contributed by atoms with Crippen LogP contribution in [0.15, 0.2) is 24.3 Å². The van der Waals surface area contributed by atoms with Crippen LogP contribution in [-0.4, -0.2) is 115 Å². The number of hydrogen-bond donors (Lipinski definition) is 0. The van der Waals surface area contributed by atoms with Gasteiger partial charge in [-0.25, -0.2) is 0 Å². The molecule has 428 valence electrons. The van der Waals surface area contributed by atoms with Crippen LogP contribution in [0.25, 0.3) is 0 Å². The zero-order chi connectivity index (χ0) is 58.3. The molecule has 0 bridgehead atoms. The zero-order valence-electron chi connectivity index (χ0n) is 33.5. The van der Waals surface area contributed by atoms with E-state index in [0.717, 1.165) is 24.3 Å². The molecular weight excluding hydrogens is 1150 g/mol. The summed E-state index contributed by atoms with van der Waals surface area (Å²) in [5.74, 6) is -128. The first-order valence-electron chi connectivity index (χ1n) is 18.2. The second-order valence-corrected chi connectivity index (χ2v) is 20.8. The van der Waals surface area contributed by atoms with Gasteiger partial charge in [0.05, 0.1) is 8.07 Å². The van der Waals surface area contributed by atoms with Gasteiger partial charge in [-0.3, -0.25) is 0 Å². The zero-order valence-corrected chi connectivity index (χ0v) is 34.5. The number of allylic oxidation sites excluding steroid dienone is 4. The molecule has 0 heterocycles. The van der Waals surface area contributed by atoms with Crippen molar-refractivity contribution in [3.8, 4) is 0 Å². The maximum absolute atomic E-state index is 15.0. The summed E-state index contributed by atoms with van der Waals surface area (Å²) in [6, 6.07) is -11.6. The number of hydrogen-bond acceptors (Lipinski definition) is 0. The summed E-state index contributed by atoms with van der Waals surface area (Å²) in [6.07, 6.45) is -34.8. The largest absolute Gasteiger partial charge is 0.460 e. The van der Waals surface area contributed by atoms with E-state index in [2.05, 4.69) is 0 Å². The van der Waals surface area contributed by atoms with E-state index >= 15 is 26.3 Å². The van der Waals surface area contributed by atoms with Crippen LogP contribution in [0.5, 0.6) is 0 Å². The second kappa shape index (κ2) is 18.9. The minimum absolute atomic E-state index is 0.929. The van der Waals surface area contributed by atoms with Crippen LogP contribution in [0.3, 0.4) is 0 Å². The van der Waals surface area contributed by atoms with Crippen molar-refractivity contribution in [3.63, 3.8) is 0 Å². The van der Waals surface area contributed by atoms with E-state index in [1.807, 2.05) is 0 Å². The Balaban J connectivity index is 4.33. The molecule has 0 fully saturated rings. The van der Waals surface area contributed by atoms with Crippen molar-refractivity contribution in [2.24, 2.45) is 5.92 Å². The Bertz CT molecular complexity index is 1710. The summed E-state index contributed by atoms with van der Waals surface area (Å²) < 4.78 is 539. The molecule has 0 aromatic carbocycles. The molecule has 0 nitrogen and oxygen atoms in total. The lowest BCUT2D eigenvalue weighted by Gasteiger charge is -2.43. The van der Waals surface area contributed by atoms with Crippen molar-refractivity contribution in [3.05, 3.63) is 24.3 Å².